The van der Waals surface area contributed by atoms with Crippen LogP contribution in [0.2, 0.25) is 0 Å². The molecule has 0 aromatic heterocycles. The van der Waals surface area contributed by atoms with Gasteiger partial charge >= 0.3 is 11.9 Å². The Morgan fingerprint density at radius 1 is 0.881 bits per heavy atom. The molecule has 214 valence electrons. The highest BCUT2D eigenvalue weighted by molar-refractivity contribution is 6.02. The average molecular weight is 567 g/mol. The number of Topliss-reactive ketones (excluding diaryl/α,β-unsaturated/α-hetero) is 1. The molecule has 6 aliphatic rings. The van der Waals surface area contributed by atoms with Crippen molar-refractivity contribution in [3.63, 3.8) is 0 Å². The SMILES string of the molecule is O=C1CC2C(CC3C4C5OC(=O)CC5C5=C(OC(c6ccccc6)CC5=O)C4C2(C(=O)C=Cc2ccccc2)C3O)O1. The molecule has 3 aliphatic heterocycles. The summed E-state index contributed by atoms with van der Waals surface area (Å²) in [5.41, 5.74) is 0.559. The van der Waals surface area contributed by atoms with Crippen LogP contribution < -0.4 is 0 Å². The molecule has 3 aliphatic carbocycles. The maximum absolute atomic E-state index is 14.6. The summed E-state index contributed by atoms with van der Waals surface area (Å²) in [4.78, 5) is 54.0. The third kappa shape index (κ3) is 3.44. The van der Waals surface area contributed by atoms with E-state index in [1.165, 1.54) is 6.08 Å². The van der Waals surface area contributed by atoms with Gasteiger partial charge in [-0.3, -0.25) is 19.2 Å². The number of hydrogen-bond donors (Lipinski definition) is 1. The fourth-order valence-corrected chi connectivity index (χ4v) is 9.15. The van der Waals surface area contributed by atoms with Crippen molar-refractivity contribution < 1.29 is 38.5 Å². The van der Waals surface area contributed by atoms with E-state index in [2.05, 4.69) is 0 Å². The Morgan fingerprint density at radius 2 is 1.60 bits per heavy atom. The number of aliphatic hydroxyl groups excluding tert-OH is 1. The lowest BCUT2D eigenvalue weighted by Crippen LogP contribution is -2.56. The Morgan fingerprint density at radius 3 is 2.36 bits per heavy atom. The molecule has 0 amide bonds. The normalized spacial score (nSPS) is 39.6. The molecule has 0 radical (unpaired) electrons. The maximum atomic E-state index is 14.6. The Bertz CT molecular complexity index is 1560. The van der Waals surface area contributed by atoms with E-state index in [0.29, 0.717) is 17.8 Å². The van der Waals surface area contributed by atoms with Crippen molar-refractivity contribution >= 4 is 29.6 Å². The van der Waals surface area contributed by atoms with Crippen LogP contribution in [-0.2, 0) is 33.4 Å². The van der Waals surface area contributed by atoms with Gasteiger partial charge in [-0.05, 0) is 29.5 Å². The molecule has 8 rings (SSSR count). The number of fused-ring (bicyclic) bond motifs is 11. The molecule has 1 N–H and O–H groups in total. The summed E-state index contributed by atoms with van der Waals surface area (Å²) in [5.74, 6) is -3.71. The van der Waals surface area contributed by atoms with Crippen molar-refractivity contribution in [2.45, 2.75) is 50.1 Å². The van der Waals surface area contributed by atoms with Crippen LogP contribution in [0.1, 0.15) is 42.9 Å². The van der Waals surface area contributed by atoms with Crippen molar-refractivity contribution in [3.8, 4) is 0 Å². The van der Waals surface area contributed by atoms with E-state index in [1.54, 1.807) is 6.08 Å². The zero-order valence-corrected chi connectivity index (χ0v) is 22.8. The number of hydrogen-bond acceptors (Lipinski definition) is 8. The molecule has 2 saturated heterocycles. The van der Waals surface area contributed by atoms with Crippen LogP contribution in [-0.4, -0.2) is 46.9 Å². The van der Waals surface area contributed by atoms with Gasteiger partial charge in [-0.25, -0.2) is 0 Å². The lowest BCUT2D eigenvalue weighted by molar-refractivity contribution is -0.155. The predicted octanol–water partition coefficient (Wildman–Crippen LogP) is 3.74. The van der Waals surface area contributed by atoms with Gasteiger partial charge in [0.1, 0.15) is 24.1 Å². The number of aliphatic hydroxyl groups is 1. The minimum atomic E-state index is -1.49. The van der Waals surface area contributed by atoms with E-state index >= 15 is 0 Å². The van der Waals surface area contributed by atoms with E-state index in [-0.39, 0.29) is 30.8 Å². The van der Waals surface area contributed by atoms with Gasteiger partial charge < -0.3 is 19.3 Å². The van der Waals surface area contributed by atoms with Gasteiger partial charge in [0.05, 0.1) is 30.8 Å². The second-order valence-electron chi connectivity index (χ2n) is 12.5. The summed E-state index contributed by atoms with van der Waals surface area (Å²) in [5, 5.41) is 12.2. The van der Waals surface area contributed by atoms with Crippen molar-refractivity contribution in [1.82, 2.24) is 0 Å². The molecule has 2 aromatic carbocycles. The molecular formula is C34H30O8. The molecule has 2 saturated carbocycles. The molecular weight excluding hydrogens is 536 g/mol. The highest BCUT2D eigenvalue weighted by Crippen LogP contribution is 2.70. The Labute approximate surface area is 242 Å². The van der Waals surface area contributed by atoms with Gasteiger partial charge in [-0.1, -0.05) is 66.7 Å². The Balaban J connectivity index is 1.33. The van der Waals surface area contributed by atoms with Gasteiger partial charge in [0.2, 0.25) is 0 Å². The summed E-state index contributed by atoms with van der Waals surface area (Å²) >= 11 is 0. The number of carbonyl (C=O) groups excluding carboxylic acids is 4. The molecule has 10 atom stereocenters. The zero-order valence-electron chi connectivity index (χ0n) is 22.8. The van der Waals surface area contributed by atoms with Crippen LogP contribution in [0.3, 0.4) is 0 Å². The molecule has 8 heteroatoms. The fraction of sp³-hybridized carbons (Fsp3) is 0.412. The van der Waals surface area contributed by atoms with Crippen molar-refractivity contribution in [1.29, 1.82) is 0 Å². The number of ether oxygens (including phenoxy) is 3. The third-order valence-corrected chi connectivity index (χ3v) is 10.6. The number of carbonyl (C=O) groups is 4. The first-order valence-corrected chi connectivity index (χ1v) is 14.7. The summed E-state index contributed by atoms with van der Waals surface area (Å²) < 4.78 is 18.4. The molecule has 42 heavy (non-hydrogen) atoms. The Hall–Kier alpha value is -4.04. The first-order valence-electron chi connectivity index (χ1n) is 14.7. The standard InChI is InChI=1S/C34H30O8/c35-22-16-23(18-9-5-2-6-10-18)41-32-28(22)19-14-26(37)42-31(19)29-20-13-24-21(15-27(38)40-24)34(30(29)32,33(20)39)25(36)12-11-17-7-3-1-4-8-17/h1-12,19-21,23-24,29-31,33,39H,13-16H2. The average Bonchev–Trinajstić information content (AvgIpc) is 3.62. The van der Waals surface area contributed by atoms with Gasteiger partial charge in [0, 0.05) is 29.2 Å². The number of esters is 2. The topological polar surface area (TPSA) is 116 Å². The number of rotatable bonds is 4. The van der Waals surface area contributed by atoms with Crippen LogP contribution in [0.25, 0.3) is 6.08 Å². The molecule has 4 fully saturated rings. The van der Waals surface area contributed by atoms with Crippen LogP contribution in [0.5, 0.6) is 0 Å². The van der Waals surface area contributed by atoms with Crippen LogP contribution >= 0.6 is 0 Å². The second-order valence-corrected chi connectivity index (χ2v) is 12.5. The highest BCUT2D eigenvalue weighted by Gasteiger charge is 2.77. The number of allylic oxidation sites excluding steroid dienone is 2. The van der Waals surface area contributed by atoms with E-state index in [4.69, 9.17) is 14.2 Å². The van der Waals surface area contributed by atoms with Crippen LogP contribution in [0, 0.1) is 35.0 Å². The molecule has 0 spiro atoms. The molecule has 10 unspecified atom stereocenters. The summed E-state index contributed by atoms with van der Waals surface area (Å²) in [6.07, 6.45) is 0.750. The molecule has 3 heterocycles. The number of ketones is 2. The van der Waals surface area contributed by atoms with Gasteiger partial charge in [0.25, 0.3) is 0 Å². The van der Waals surface area contributed by atoms with E-state index in [9.17, 15) is 24.3 Å². The van der Waals surface area contributed by atoms with Crippen molar-refractivity contribution in [3.05, 3.63) is 89.2 Å². The lowest BCUT2D eigenvalue weighted by atomic mass is 9.56. The second kappa shape index (κ2) is 9.23. The van der Waals surface area contributed by atoms with Crippen molar-refractivity contribution in [2.24, 2.45) is 35.0 Å². The predicted molar refractivity (Wildman–Crippen MR) is 147 cm³/mol. The quantitative estimate of drug-likeness (QED) is 0.440. The summed E-state index contributed by atoms with van der Waals surface area (Å²) in [6.45, 7) is 0. The zero-order chi connectivity index (χ0) is 28.7. The van der Waals surface area contributed by atoms with Crippen LogP contribution in [0.15, 0.2) is 78.1 Å². The Kier molecular flexibility index (Phi) is 5.64. The van der Waals surface area contributed by atoms with E-state index in [1.807, 2.05) is 60.7 Å². The maximum Gasteiger partial charge on any atom is 0.306 e. The largest absolute Gasteiger partial charge is 0.489 e. The fourth-order valence-electron chi connectivity index (χ4n) is 9.15. The monoisotopic (exact) mass is 566 g/mol. The van der Waals surface area contributed by atoms with Gasteiger partial charge in [-0.15, -0.1) is 0 Å². The van der Waals surface area contributed by atoms with Gasteiger partial charge in [-0.2, -0.15) is 0 Å². The third-order valence-electron chi connectivity index (χ3n) is 10.6. The smallest absolute Gasteiger partial charge is 0.306 e. The number of benzene rings is 2. The molecule has 2 aromatic rings. The first kappa shape index (κ1) is 25.7. The highest BCUT2D eigenvalue weighted by atomic mass is 16.6. The minimum absolute atomic E-state index is 0.0187. The van der Waals surface area contributed by atoms with Crippen LogP contribution in [0.4, 0.5) is 0 Å². The van der Waals surface area contributed by atoms with E-state index in [0.717, 1.165) is 11.1 Å². The first-order chi connectivity index (χ1) is 20.4. The summed E-state index contributed by atoms with van der Waals surface area (Å²) in [7, 11) is 0. The molecule has 8 nitrogen and oxygen atoms in total. The van der Waals surface area contributed by atoms with Crippen molar-refractivity contribution in [2.75, 3.05) is 0 Å². The minimum Gasteiger partial charge on any atom is -0.489 e. The summed E-state index contributed by atoms with van der Waals surface area (Å²) in [6, 6.07) is 18.8. The molecule has 2 bridgehead atoms. The van der Waals surface area contributed by atoms with E-state index < -0.39 is 71.4 Å². The lowest BCUT2D eigenvalue weighted by Gasteiger charge is -2.48. The van der Waals surface area contributed by atoms with Gasteiger partial charge in [0.15, 0.2) is 11.6 Å².